The number of pyridine rings is 2. The maximum Gasteiger partial charge on any atom is 0.337 e. The fourth-order valence-corrected chi connectivity index (χ4v) is 5.39. The van der Waals surface area contributed by atoms with Crippen LogP contribution in [-0.4, -0.2) is 32.1 Å². The van der Waals surface area contributed by atoms with Crippen LogP contribution in [0.15, 0.2) is 122 Å². The Morgan fingerprint density at radius 3 is 1.20 bits per heavy atom. The normalized spacial score (nSPS) is 10.1. The Hall–Kier alpha value is -5.12. The number of hydrogen-bond acceptors (Lipinski definition) is 6. The highest BCUT2D eigenvalue weighted by molar-refractivity contribution is 6.40. The first-order valence-electron chi connectivity index (χ1n) is 14.9. The molecule has 6 rings (SSSR count). The van der Waals surface area contributed by atoms with E-state index in [1.54, 1.807) is 85.5 Å². The first-order chi connectivity index (χ1) is 24.0. The summed E-state index contributed by atoms with van der Waals surface area (Å²) in [7, 11) is 0. The van der Waals surface area contributed by atoms with Crippen molar-refractivity contribution in [2.24, 2.45) is 0 Å². The Labute approximate surface area is 309 Å². The summed E-state index contributed by atoms with van der Waals surface area (Å²) in [5.74, 6) is -2.02. The van der Waals surface area contributed by atoms with Crippen molar-refractivity contribution in [1.82, 2.24) is 9.97 Å². The van der Waals surface area contributed by atoms with Crippen molar-refractivity contribution in [2.45, 2.75) is 13.8 Å². The number of anilines is 4. The van der Waals surface area contributed by atoms with E-state index in [1.807, 2.05) is 38.1 Å². The molecule has 2 aromatic heterocycles. The molecule has 0 bridgehead atoms. The molecule has 4 N–H and O–H groups in total. The van der Waals surface area contributed by atoms with Gasteiger partial charge in [-0.05, 0) is 96.8 Å². The molecule has 0 saturated heterocycles. The Morgan fingerprint density at radius 2 is 0.860 bits per heavy atom. The van der Waals surface area contributed by atoms with E-state index in [2.05, 4.69) is 20.6 Å². The summed E-state index contributed by atoms with van der Waals surface area (Å²) in [5.41, 5.74) is 6.32. The second-order valence-electron chi connectivity index (χ2n) is 10.5. The van der Waals surface area contributed by atoms with Crippen LogP contribution >= 0.6 is 46.4 Å². The van der Waals surface area contributed by atoms with Crippen molar-refractivity contribution in [3.05, 3.63) is 164 Å². The number of carboxylic acid groups (broad SMARTS) is 2. The van der Waals surface area contributed by atoms with Gasteiger partial charge in [0.15, 0.2) is 0 Å². The number of benzene rings is 4. The van der Waals surface area contributed by atoms with Crippen molar-refractivity contribution < 1.29 is 19.8 Å². The topological polar surface area (TPSA) is 124 Å². The van der Waals surface area contributed by atoms with Crippen molar-refractivity contribution >= 4 is 81.1 Å². The second kappa shape index (κ2) is 18.0. The smallest absolute Gasteiger partial charge is 0.337 e. The summed E-state index contributed by atoms with van der Waals surface area (Å²) in [4.78, 5) is 30.2. The molecule has 0 aliphatic carbocycles. The van der Waals surface area contributed by atoms with Gasteiger partial charge >= 0.3 is 11.9 Å². The van der Waals surface area contributed by atoms with Gasteiger partial charge in [0.25, 0.3) is 0 Å². The highest BCUT2D eigenvalue weighted by Gasteiger charge is 2.15. The fourth-order valence-electron chi connectivity index (χ4n) is 4.46. The number of aryl methyl sites for hydroxylation is 2. The molecule has 50 heavy (non-hydrogen) atoms. The third-order valence-corrected chi connectivity index (χ3v) is 8.70. The Kier molecular flexibility index (Phi) is 13.6. The second-order valence-corrected chi connectivity index (χ2v) is 12.1. The number of nitrogens with one attached hydrogen (secondary N) is 2. The Bertz CT molecular complexity index is 1950. The van der Waals surface area contributed by atoms with E-state index in [-0.39, 0.29) is 11.1 Å². The standard InChI is InChI=1S/2C14H11Cl2NO2.C10H8N2/c2*1-8-6-7-10(15)13(12(8)16)17-11-5-3-2-4-9(11)14(18)19;1-5-11-6-2-9(1)10-3-7-12-8-4-10/h2*2-7,17H,1H3,(H,18,19);1-8H. The lowest BCUT2D eigenvalue weighted by molar-refractivity contribution is 0.0687. The number of aromatic nitrogens is 2. The molecule has 254 valence electrons. The number of para-hydroxylation sites is 2. The molecule has 0 aliphatic heterocycles. The van der Waals surface area contributed by atoms with E-state index in [4.69, 9.17) is 56.6 Å². The van der Waals surface area contributed by atoms with Crippen LogP contribution in [0.5, 0.6) is 0 Å². The van der Waals surface area contributed by atoms with Crippen LogP contribution in [0, 0.1) is 13.8 Å². The zero-order valence-corrected chi connectivity index (χ0v) is 29.7. The summed E-state index contributed by atoms with van der Waals surface area (Å²) in [6.45, 7) is 3.71. The lowest BCUT2D eigenvalue weighted by atomic mass is 10.1. The third kappa shape index (κ3) is 9.96. The predicted molar refractivity (Wildman–Crippen MR) is 203 cm³/mol. The highest BCUT2D eigenvalue weighted by atomic mass is 35.5. The van der Waals surface area contributed by atoms with E-state index < -0.39 is 11.9 Å². The van der Waals surface area contributed by atoms with Crippen LogP contribution in [0.25, 0.3) is 11.1 Å². The number of hydrogen-bond donors (Lipinski definition) is 4. The van der Waals surface area contributed by atoms with E-state index >= 15 is 0 Å². The van der Waals surface area contributed by atoms with E-state index in [1.165, 1.54) is 23.3 Å². The number of carboxylic acids is 2. The lowest BCUT2D eigenvalue weighted by Gasteiger charge is -2.13. The minimum Gasteiger partial charge on any atom is -0.478 e. The van der Waals surface area contributed by atoms with Gasteiger partial charge in [-0.15, -0.1) is 0 Å². The molecule has 4 aromatic carbocycles. The molecule has 0 amide bonds. The summed E-state index contributed by atoms with van der Waals surface area (Å²) in [6, 6.07) is 28.1. The highest BCUT2D eigenvalue weighted by Crippen LogP contribution is 2.37. The molecule has 0 atom stereocenters. The van der Waals surface area contributed by atoms with Gasteiger partial charge in [0.2, 0.25) is 0 Å². The lowest BCUT2D eigenvalue weighted by Crippen LogP contribution is -2.03. The quantitative estimate of drug-likeness (QED) is 0.127. The van der Waals surface area contributed by atoms with Crippen LogP contribution in [0.4, 0.5) is 22.7 Å². The molecule has 0 spiro atoms. The molecule has 6 aromatic rings. The van der Waals surface area contributed by atoms with E-state index in [0.717, 1.165) is 11.1 Å². The minimum absolute atomic E-state index is 0.163. The van der Waals surface area contributed by atoms with Gasteiger partial charge in [0.05, 0.1) is 54.0 Å². The number of aromatic carboxylic acids is 2. The Morgan fingerprint density at radius 1 is 0.520 bits per heavy atom. The van der Waals surface area contributed by atoms with Crippen LogP contribution in [0.2, 0.25) is 20.1 Å². The van der Waals surface area contributed by atoms with Crippen LogP contribution in [-0.2, 0) is 0 Å². The van der Waals surface area contributed by atoms with Crippen molar-refractivity contribution in [3.8, 4) is 11.1 Å². The van der Waals surface area contributed by atoms with Gasteiger partial charge < -0.3 is 20.8 Å². The van der Waals surface area contributed by atoms with Crippen LogP contribution < -0.4 is 10.6 Å². The molecule has 12 heteroatoms. The molecule has 2 heterocycles. The average molecular weight is 748 g/mol. The van der Waals surface area contributed by atoms with Gasteiger partial charge in [-0.2, -0.15) is 0 Å². The van der Waals surface area contributed by atoms with Crippen molar-refractivity contribution in [3.63, 3.8) is 0 Å². The van der Waals surface area contributed by atoms with Crippen LogP contribution in [0.3, 0.4) is 0 Å². The monoisotopic (exact) mass is 746 g/mol. The number of rotatable bonds is 7. The molecule has 0 fully saturated rings. The van der Waals surface area contributed by atoms with Gasteiger partial charge in [0.1, 0.15) is 0 Å². The molecule has 0 radical (unpaired) electrons. The molecule has 0 unspecified atom stereocenters. The average Bonchev–Trinajstić information content (AvgIpc) is 3.13. The van der Waals surface area contributed by atoms with Gasteiger partial charge in [-0.3, -0.25) is 9.97 Å². The summed E-state index contributed by atoms with van der Waals surface area (Å²) in [5, 5.41) is 26.1. The zero-order valence-electron chi connectivity index (χ0n) is 26.7. The fraction of sp³-hybridized carbons (Fsp3) is 0.0526. The summed E-state index contributed by atoms with van der Waals surface area (Å²) >= 11 is 24.5. The first kappa shape index (κ1) is 37.7. The van der Waals surface area contributed by atoms with E-state index in [0.29, 0.717) is 42.8 Å². The predicted octanol–water partition coefficient (Wildman–Crippen LogP) is 11.6. The van der Waals surface area contributed by atoms with Gasteiger partial charge in [0, 0.05) is 24.8 Å². The maximum atomic E-state index is 11.1. The SMILES string of the molecule is Cc1ccc(Cl)c(Nc2ccccc2C(=O)O)c1Cl.Cc1ccc(Cl)c(Nc2ccccc2C(=O)O)c1Cl.c1cc(-c2ccncc2)ccn1. The number of nitrogens with zero attached hydrogens (tertiary/aromatic N) is 2. The number of carbonyl (C=O) groups is 2. The molecule has 8 nitrogen and oxygen atoms in total. The Balaban J connectivity index is 0.000000173. The van der Waals surface area contributed by atoms with Gasteiger partial charge in [-0.1, -0.05) is 82.8 Å². The first-order valence-corrected chi connectivity index (χ1v) is 16.4. The molecule has 0 saturated carbocycles. The largest absolute Gasteiger partial charge is 0.478 e. The third-order valence-electron chi connectivity index (χ3n) is 7.10. The number of halogens is 4. The molecule has 0 aliphatic rings. The van der Waals surface area contributed by atoms with Crippen molar-refractivity contribution in [2.75, 3.05) is 10.6 Å². The van der Waals surface area contributed by atoms with E-state index in [9.17, 15) is 9.59 Å². The van der Waals surface area contributed by atoms with Crippen molar-refractivity contribution in [1.29, 1.82) is 0 Å². The maximum absolute atomic E-state index is 11.1. The summed E-state index contributed by atoms with van der Waals surface area (Å²) < 4.78 is 0. The summed E-state index contributed by atoms with van der Waals surface area (Å²) in [6.07, 6.45) is 7.15. The zero-order chi connectivity index (χ0) is 36.2. The molecular weight excluding hydrogens is 718 g/mol. The molecular formula is C38H30Cl4N4O4. The van der Waals surface area contributed by atoms with Crippen LogP contribution in [0.1, 0.15) is 31.8 Å². The minimum atomic E-state index is -1.01. The van der Waals surface area contributed by atoms with Gasteiger partial charge in [-0.25, -0.2) is 9.59 Å².